The minimum Gasteiger partial charge on any atom is -0.480 e. The molecule has 0 aliphatic heterocycles. The van der Waals surface area contributed by atoms with Gasteiger partial charge < -0.3 is 16.2 Å². The summed E-state index contributed by atoms with van der Waals surface area (Å²) in [5.74, 6) is -1.36. The molecule has 20 heavy (non-hydrogen) atoms. The van der Waals surface area contributed by atoms with E-state index in [1.807, 2.05) is 13.8 Å². The molecule has 0 saturated carbocycles. The standard InChI is InChI=1S/C14H21N3O3/c1-7(2)5-11(14(19)20)17-10-6-8(3)16-9(4)12(10)13(15)18/h6-7,11H,5H2,1-4H3,(H2,15,18)(H,16,17)(H,19,20). The molecule has 6 heteroatoms. The zero-order chi connectivity index (χ0) is 15.4. The average Bonchev–Trinajstić information content (AvgIpc) is 2.25. The van der Waals surface area contributed by atoms with E-state index in [2.05, 4.69) is 10.3 Å². The van der Waals surface area contributed by atoms with Gasteiger partial charge in [-0.2, -0.15) is 0 Å². The zero-order valence-electron chi connectivity index (χ0n) is 12.2. The summed E-state index contributed by atoms with van der Waals surface area (Å²) < 4.78 is 0. The van der Waals surface area contributed by atoms with Crippen LogP contribution in [0.1, 0.15) is 42.0 Å². The van der Waals surface area contributed by atoms with Crippen molar-refractivity contribution in [1.29, 1.82) is 0 Å². The van der Waals surface area contributed by atoms with Crippen LogP contribution in [0.25, 0.3) is 0 Å². The average molecular weight is 279 g/mol. The van der Waals surface area contributed by atoms with Crippen molar-refractivity contribution in [2.75, 3.05) is 5.32 Å². The molecule has 0 bridgehead atoms. The molecule has 0 fully saturated rings. The Labute approximate surface area is 118 Å². The topological polar surface area (TPSA) is 105 Å². The monoisotopic (exact) mass is 279 g/mol. The molecular weight excluding hydrogens is 258 g/mol. The molecule has 110 valence electrons. The van der Waals surface area contributed by atoms with Crippen molar-refractivity contribution in [1.82, 2.24) is 4.98 Å². The lowest BCUT2D eigenvalue weighted by Crippen LogP contribution is -2.32. The first-order valence-corrected chi connectivity index (χ1v) is 6.49. The maximum absolute atomic E-state index is 11.5. The van der Waals surface area contributed by atoms with Gasteiger partial charge in [-0.25, -0.2) is 4.79 Å². The van der Waals surface area contributed by atoms with Gasteiger partial charge in [-0.1, -0.05) is 13.8 Å². The third-order valence-electron chi connectivity index (χ3n) is 2.91. The second kappa shape index (κ2) is 6.36. The van der Waals surface area contributed by atoms with E-state index >= 15 is 0 Å². The summed E-state index contributed by atoms with van der Waals surface area (Å²) in [4.78, 5) is 27.0. The lowest BCUT2D eigenvalue weighted by atomic mass is 10.0. The maximum Gasteiger partial charge on any atom is 0.326 e. The molecule has 0 aromatic carbocycles. The molecule has 1 unspecified atom stereocenters. The Morgan fingerprint density at radius 1 is 1.40 bits per heavy atom. The van der Waals surface area contributed by atoms with Crippen LogP contribution in [-0.4, -0.2) is 28.0 Å². The van der Waals surface area contributed by atoms with E-state index in [9.17, 15) is 14.7 Å². The number of carbonyl (C=O) groups is 2. The van der Waals surface area contributed by atoms with Gasteiger partial charge in [0.15, 0.2) is 0 Å². The summed E-state index contributed by atoms with van der Waals surface area (Å²) in [6.45, 7) is 7.34. The first-order chi connectivity index (χ1) is 9.22. The number of hydrogen-bond donors (Lipinski definition) is 3. The minimum atomic E-state index is -0.957. The molecule has 1 heterocycles. The number of aromatic nitrogens is 1. The van der Waals surface area contributed by atoms with Gasteiger partial charge in [-0.15, -0.1) is 0 Å². The molecule has 1 amide bonds. The molecule has 1 rings (SSSR count). The highest BCUT2D eigenvalue weighted by molar-refractivity contribution is 6.00. The number of carbonyl (C=O) groups excluding carboxylic acids is 1. The number of rotatable bonds is 6. The van der Waals surface area contributed by atoms with Crippen molar-refractivity contribution in [3.05, 3.63) is 23.0 Å². The molecule has 1 atom stereocenters. The lowest BCUT2D eigenvalue weighted by Gasteiger charge is -2.20. The van der Waals surface area contributed by atoms with E-state index in [-0.39, 0.29) is 11.5 Å². The Bertz CT molecular complexity index is 527. The third-order valence-corrected chi connectivity index (χ3v) is 2.91. The fourth-order valence-electron chi connectivity index (χ4n) is 2.13. The van der Waals surface area contributed by atoms with Gasteiger partial charge in [0.25, 0.3) is 5.91 Å². The van der Waals surface area contributed by atoms with Gasteiger partial charge in [-0.3, -0.25) is 9.78 Å². The van der Waals surface area contributed by atoms with Gasteiger partial charge in [0, 0.05) is 5.69 Å². The smallest absolute Gasteiger partial charge is 0.326 e. The van der Waals surface area contributed by atoms with Crippen LogP contribution in [0.2, 0.25) is 0 Å². The number of pyridine rings is 1. The summed E-state index contributed by atoms with van der Waals surface area (Å²) in [6, 6.07) is 0.873. The third kappa shape index (κ3) is 3.94. The van der Waals surface area contributed by atoms with E-state index < -0.39 is 17.9 Å². The number of primary amides is 1. The maximum atomic E-state index is 11.5. The summed E-state index contributed by atoms with van der Waals surface area (Å²) in [5, 5.41) is 12.2. The summed E-state index contributed by atoms with van der Waals surface area (Å²) in [5.41, 5.74) is 7.21. The SMILES string of the molecule is Cc1cc(NC(CC(C)C)C(=O)O)c(C(N)=O)c(C)n1. The van der Waals surface area contributed by atoms with Crippen LogP contribution in [-0.2, 0) is 4.79 Å². The number of carboxylic acids is 1. The highest BCUT2D eigenvalue weighted by atomic mass is 16.4. The fourth-order valence-corrected chi connectivity index (χ4v) is 2.13. The van der Waals surface area contributed by atoms with Crippen molar-refractivity contribution in [2.45, 2.75) is 40.2 Å². The van der Waals surface area contributed by atoms with Gasteiger partial charge in [0.1, 0.15) is 6.04 Å². The van der Waals surface area contributed by atoms with Crippen LogP contribution in [0.3, 0.4) is 0 Å². The highest BCUT2D eigenvalue weighted by Crippen LogP contribution is 2.21. The minimum absolute atomic E-state index is 0.213. The molecule has 0 aliphatic rings. The molecule has 4 N–H and O–H groups in total. The van der Waals surface area contributed by atoms with Crippen molar-refractivity contribution in [3.8, 4) is 0 Å². The Balaban J connectivity index is 3.17. The molecule has 0 saturated heterocycles. The zero-order valence-corrected chi connectivity index (χ0v) is 12.2. The first kappa shape index (κ1) is 15.9. The number of aryl methyl sites for hydroxylation is 2. The predicted octanol–water partition coefficient (Wildman–Crippen LogP) is 1.71. The Morgan fingerprint density at radius 3 is 2.45 bits per heavy atom. The van der Waals surface area contributed by atoms with Crippen LogP contribution in [0.4, 0.5) is 5.69 Å². The quantitative estimate of drug-likeness (QED) is 0.735. The summed E-state index contributed by atoms with van der Waals surface area (Å²) in [7, 11) is 0. The Morgan fingerprint density at radius 2 is 2.00 bits per heavy atom. The van der Waals surface area contributed by atoms with E-state index in [4.69, 9.17) is 5.73 Å². The van der Waals surface area contributed by atoms with E-state index in [0.717, 1.165) is 0 Å². The summed E-state index contributed by atoms with van der Waals surface area (Å²) in [6.07, 6.45) is 0.452. The van der Waals surface area contributed by atoms with Crippen LogP contribution in [0.15, 0.2) is 6.07 Å². The van der Waals surface area contributed by atoms with Gasteiger partial charge in [-0.05, 0) is 32.3 Å². The number of aliphatic carboxylic acids is 1. The Kier molecular flexibility index (Phi) is 5.07. The van der Waals surface area contributed by atoms with Crippen LogP contribution >= 0.6 is 0 Å². The number of nitrogens with two attached hydrogens (primary N) is 1. The number of nitrogens with one attached hydrogen (secondary N) is 1. The van der Waals surface area contributed by atoms with Gasteiger partial charge in [0.05, 0.1) is 16.9 Å². The van der Waals surface area contributed by atoms with Crippen LogP contribution in [0, 0.1) is 19.8 Å². The van der Waals surface area contributed by atoms with Gasteiger partial charge in [0.2, 0.25) is 0 Å². The number of nitrogens with zero attached hydrogens (tertiary/aromatic N) is 1. The lowest BCUT2D eigenvalue weighted by molar-refractivity contribution is -0.138. The van der Waals surface area contributed by atoms with Crippen LogP contribution < -0.4 is 11.1 Å². The van der Waals surface area contributed by atoms with Gasteiger partial charge >= 0.3 is 5.97 Å². The number of carboxylic acid groups (broad SMARTS) is 1. The fraction of sp³-hybridized carbons (Fsp3) is 0.500. The highest BCUT2D eigenvalue weighted by Gasteiger charge is 2.22. The molecule has 1 aromatic rings. The molecule has 6 nitrogen and oxygen atoms in total. The number of amides is 1. The molecule has 0 aliphatic carbocycles. The van der Waals surface area contributed by atoms with Crippen LogP contribution in [0.5, 0.6) is 0 Å². The van der Waals surface area contributed by atoms with E-state index in [1.54, 1.807) is 19.9 Å². The predicted molar refractivity (Wildman–Crippen MR) is 76.7 cm³/mol. The van der Waals surface area contributed by atoms with Crippen molar-refractivity contribution in [3.63, 3.8) is 0 Å². The Hall–Kier alpha value is -2.11. The molecular formula is C14H21N3O3. The van der Waals surface area contributed by atoms with Crippen molar-refractivity contribution in [2.24, 2.45) is 11.7 Å². The van der Waals surface area contributed by atoms with Crippen molar-refractivity contribution < 1.29 is 14.7 Å². The molecule has 0 spiro atoms. The number of anilines is 1. The van der Waals surface area contributed by atoms with E-state index in [1.165, 1.54) is 0 Å². The largest absolute Gasteiger partial charge is 0.480 e. The van der Waals surface area contributed by atoms with Crippen molar-refractivity contribution >= 4 is 17.6 Å². The second-order valence-corrected chi connectivity index (χ2v) is 5.30. The number of hydrogen-bond acceptors (Lipinski definition) is 4. The molecule has 1 aromatic heterocycles. The summed E-state index contributed by atoms with van der Waals surface area (Å²) >= 11 is 0. The first-order valence-electron chi connectivity index (χ1n) is 6.49. The normalized spacial score (nSPS) is 12.2. The second-order valence-electron chi connectivity index (χ2n) is 5.30. The molecule has 0 radical (unpaired) electrons. The van der Waals surface area contributed by atoms with E-state index in [0.29, 0.717) is 23.5 Å².